The molecule has 1 aromatic heterocycles. The maximum Gasteiger partial charge on any atom is 0.243 e. The van der Waals surface area contributed by atoms with Crippen molar-refractivity contribution in [2.24, 2.45) is 0 Å². The fourth-order valence-corrected chi connectivity index (χ4v) is 6.89. The zero-order chi connectivity index (χ0) is 27.1. The summed E-state index contributed by atoms with van der Waals surface area (Å²) < 4.78 is 33.7. The van der Waals surface area contributed by atoms with E-state index in [4.69, 9.17) is 27.9 Å². The van der Waals surface area contributed by atoms with Crippen molar-refractivity contribution in [2.75, 3.05) is 32.1 Å². The van der Waals surface area contributed by atoms with E-state index >= 15 is 0 Å². The van der Waals surface area contributed by atoms with Crippen LogP contribution in [0.3, 0.4) is 0 Å². The molecule has 2 aromatic carbocycles. The lowest BCUT2D eigenvalue weighted by atomic mass is 9.95. The molecule has 0 unspecified atom stereocenters. The summed E-state index contributed by atoms with van der Waals surface area (Å²) >= 11 is 12.3. The highest BCUT2D eigenvalue weighted by Gasteiger charge is 2.34. The summed E-state index contributed by atoms with van der Waals surface area (Å²) in [6, 6.07) is 11.6. The molecule has 1 fully saturated rings. The summed E-state index contributed by atoms with van der Waals surface area (Å²) in [5.74, 6) is 0.0625. The van der Waals surface area contributed by atoms with E-state index < -0.39 is 10.0 Å². The predicted octanol–water partition coefficient (Wildman–Crippen LogP) is 5.49. The number of methoxy groups -OCH3 is 1. The van der Waals surface area contributed by atoms with E-state index in [1.165, 1.54) is 29.6 Å². The molecule has 1 amide bonds. The average Bonchev–Trinajstić information content (AvgIpc) is 2.91. The number of nitrogens with one attached hydrogen (secondary N) is 2. The Morgan fingerprint density at radius 3 is 2.61 bits per heavy atom. The highest BCUT2D eigenvalue weighted by atomic mass is 35.5. The SMILES string of the molecule is COc1ccc(S(=O)(=O)N(CC(=O)NCCCNc2ccnc3cc(Cl)ccc23)C2CCCCC2)cc1Cl. The molecule has 1 saturated carbocycles. The van der Waals surface area contributed by atoms with Crippen molar-refractivity contribution in [3.8, 4) is 5.75 Å². The number of sulfonamides is 1. The van der Waals surface area contributed by atoms with Gasteiger partial charge in [-0.05, 0) is 61.7 Å². The minimum atomic E-state index is -3.93. The molecule has 2 N–H and O–H groups in total. The van der Waals surface area contributed by atoms with E-state index in [1.807, 2.05) is 24.3 Å². The Morgan fingerprint density at radius 2 is 1.87 bits per heavy atom. The molecule has 1 aliphatic rings. The van der Waals surface area contributed by atoms with Crippen LogP contribution in [0, 0.1) is 0 Å². The van der Waals surface area contributed by atoms with E-state index in [1.54, 1.807) is 6.20 Å². The number of fused-ring (bicyclic) bond motifs is 1. The number of carbonyl (C=O) groups excluding carboxylic acids is 1. The fraction of sp³-hybridized carbons (Fsp3) is 0.407. The van der Waals surface area contributed by atoms with Crippen LogP contribution >= 0.6 is 23.2 Å². The second-order valence-electron chi connectivity index (χ2n) is 9.29. The largest absolute Gasteiger partial charge is 0.495 e. The molecule has 0 radical (unpaired) electrons. The Balaban J connectivity index is 1.36. The normalized spacial score (nSPS) is 14.5. The highest BCUT2D eigenvalue weighted by molar-refractivity contribution is 7.89. The van der Waals surface area contributed by atoms with Crippen molar-refractivity contribution in [2.45, 2.75) is 49.5 Å². The van der Waals surface area contributed by atoms with E-state index in [0.717, 1.165) is 48.7 Å². The van der Waals surface area contributed by atoms with Crippen LogP contribution in [-0.4, -0.2) is 56.4 Å². The number of amides is 1. The number of benzene rings is 2. The third-order valence-electron chi connectivity index (χ3n) is 6.71. The molecule has 204 valence electrons. The third kappa shape index (κ3) is 6.88. The molecule has 3 aromatic rings. The average molecular weight is 580 g/mol. The van der Waals surface area contributed by atoms with Crippen LogP contribution in [0.4, 0.5) is 5.69 Å². The minimum absolute atomic E-state index is 0.0525. The maximum absolute atomic E-state index is 13.6. The lowest BCUT2D eigenvalue weighted by Crippen LogP contribution is -2.47. The first-order chi connectivity index (χ1) is 18.3. The maximum atomic E-state index is 13.6. The van der Waals surface area contributed by atoms with Crippen LogP contribution in [0.15, 0.2) is 53.6 Å². The van der Waals surface area contributed by atoms with Crippen LogP contribution in [0.2, 0.25) is 10.0 Å². The summed E-state index contributed by atoms with van der Waals surface area (Å²) in [4.78, 5) is 17.3. The van der Waals surface area contributed by atoms with Gasteiger partial charge in [-0.3, -0.25) is 9.78 Å². The molecule has 0 spiro atoms. The van der Waals surface area contributed by atoms with Gasteiger partial charge in [0, 0.05) is 41.4 Å². The number of rotatable bonds is 11. The summed E-state index contributed by atoms with van der Waals surface area (Å²) in [7, 11) is -2.46. The highest BCUT2D eigenvalue weighted by Crippen LogP contribution is 2.32. The number of nitrogens with zero attached hydrogens (tertiary/aromatic N) is 2. The number of pyridine rings is 1. The van der Waals surface area contributed by atoms with Crippen molar-refractivity contribution in [1.82, 2.24) is 14.6 Å². The molecular formula is C27H32Cl2N4O4S. The van der Waals surface area contributed by atoms with Crippen molar-refractivity contribution in [3.63, 3.8) is 0 Å². The Labute approximate surface area is 233 Å². The molecule has 0 bridgehead atoms. The van der Waals surface area contributed by atoms with Crippen LogP contribution in [0.5, 0.6) is 5.75 Å². The van der Waals surface area contributed by atoms with Crippen molar-refractivity contribution in [3.05, 3.63) is 58.7 Å². The predicted molar refractivity (Wildman–Crippen MR) is 152 cm³/mol. The first kappa shape index (κ1) is 28.4. The first-order valence-electron chi connectivity index (χ1n) is 12.7. The Hall–Kier alpha value is -2.59. The van der Waals surface area contributed by atoms with Gasteiger partial charge in [0.25, 0.3) is 0 Å². The van der Waals surface area contributed by atoms with Gasteiger partial charge >= 0.3 is 0 Å². The molecule has 1 aliphatic carbocycles. The molecule has 11 heteroatoms. The van der Waals surface area contributed by atoms with Crippen molar-refractivity contribution >= 4 is 55.7 Å². The fourth-order valence-electron chi connectivity index (χ4n) is 4.73. The van der Waals surface area contributed by atoms with E-state index in [0.29, 0.717) is 30.3 Å². The van der Waals surface area contributed by atoms with Gasteiger partial charge in [0.1, 0.15) is 5.75 Å². The molecule has 1 heterocycles. The number of carbonyl (C=O) groups is 1. The topological polar surface area (TPSA) is 101 Å². The van der Waals surface area contributed by atoms with Gasteiger partial charge in [0.05, 0.1) is 29.1 Å². The van der Waals surface area contributed by atoms with Gasteiger partial charge in [-0.25, -0.2) is 8.42 Å². The summed E-state index contributed by atoms with van der Waals surface area (Å²) in [6.07, 6.45) is 6.77. The van der Waals surface area contributed by atoms with Gasteiger partial charge in [-0.15, -0.1) is 0 Å². The molecule has 4 rings (SSSR count). The van der Waals surface area contributed by atoms with E-state index in [9.17, 15) is 13.2 Å². The first-order valence-corrected chi connectivity index (χ1v) is 14.9. The lowest BCUT2D eigenvalue weighted by molar-refractivity contribution is -0.121. The van der Waals surface area contributed by atoms with Gasteiger partial charge in [-0.2, -0.15) is 4.31 Å². The lowest BCUT2D eigenvalue weighted by Gasteiger charge is -2.33. The molecule has 0 aliphatic heterocycles. The number of hydrogen-bond acceptors (Lipinski definition) is 6. The number of halogens is 2. The molecule has 0 saturated heterocycles. The van der Waals surface area contributed by atoms with Gasteiger partial charge < -0.3 is 15.4 Å². The van der Waals surface area contributed by atoms with Crippen LogP contribution in [0.1, 0.15) is 38.5 Å². The van der Waals surface area contributed by atoms with E-state index in [-0.39, 0.29) is 28.4 Å². The molecule has 38 heavy (non-hydrogen) atoms. The number of aromatic nitrogens is 1. The standard InChI is InChI=1S/C27H32Cl2N4O4S/c1-37-26-11-9-21(17-23(26)29)38(35,36)33(20-6-3-2-4-7-20)18-27(34)32-14-5-13-30-24-12-15-31-25-16-19(28)8-10-22(24)25/h8-12,15-17,20H,2-7,13-14,18H2,1H3,(H,30,31)(H,32,34). The molecule has 0 atom stereocenters. The van der Waals surface area contributed by atoms with Crippen LogP contribution in [-0.2, 0) is 14.8 Å². The Bertz CT molecular complexity index is 1380. The van der Waals surface area contributed by atoms with Crippen molar-refractivity contribution in [1.29, 1.82) is 0 Å². The summed E-state index contributed by atoms with van der Waals surface area (Å²) in [5.41, 5.74) is 1.74. The number of hydrogen-bond donors (Lipinski definition) is 2. The smallest absolute Gasteiger partial charge is 0.243 e. The summed E-state index contributed by atoms with van der Waals surface area (Å²) in [6.45, 7) is 0.796. The Morgan fingerprint density at radius 1 is 1.08 bits per heavy atom. The molecule has 8 nitrogen and oxygen atoms in total. The monoisotopic (exact) mass is 578 g/mol. The van der Waals surface area contributed by atoms with Gasteiger partial charge in [-0.1, -0.05) is 42.5 Å². The quantitative estimate of drug-likeness (QED) is 0.292. The second kappa shape index (κ2) is 13.0. The second-order valence-corrected chi connectivity index (χ2v) is 12.0. The Kier molecular flexibility index (Phi) is 9.70. The van der Waals surface area contributed by atoms with Crippen LogP contribution < -0.4 is 15.4 Å². The van der Waals surface area contributed by atoms with Gasteiger partial charge in [0.2, 0.25) is 15.9 Å². The number of ether oxygens (including phenoxy) is 1. The third-order valence-corrected chi connectivity index (χ3v) is 9.13. The van der Waals surface area contributed by atoms with E-state index in [2.05, 4.69) is 15.6 Å². The zero-order valence-electron chi connectivity index (χ0n) is 21.3. The zero-order valence-corrected chi connectivity index (χ0v) is 23.6. The summed E-state index contributed by atoms with van der Waals surface area (Å²) in [5, 5.41) is 8.05. The number of anilines is 1. The van der Waals surface area contributed by atoms with Crippen molar-refractivity contribution < 1.29 is 17.9 Å². The molecular weight excluding hydrogens is 547 g/mol. The minimum Gasteiger partial charge on any atom is -0.495 e. The van der Waals surface area contributed by atoms with Gasteiger partial charge in [0.15, 0.2) is 0 Å². The van der Waals surface area contributed by atoms with Crippen LogP contribution in [0.25, 0.3) is 10.9 Å².